The van der Waals surface area contributed by atoms with Gasteiger partial charge in [0.2, 0.25) is 0 Å². The van der Waals surface area contributed by atoms with Gasteiger partial charge in [-0.2, -0.15) is 0 Å². The van der Waals surface area contributed by atoms with Crippen LogP contribution < -0.4 is 0 Å². The number of methoxy groups -OCH3 is 2. The molecule has 2 aliphatic rings. The molecule has 0 N–H and O–H groups in total. The lowest BCUT2D eigenvalue weighted by atomic mass is 10.00. The smallest absolute Gasteiger partial charge is 0.0732 e. The van der Waals surface area contributed by atoms with E-state index < -0.39 is 0 Å². The van der Waals surface area contributed by atoms with Gasteiger partial charge < -0.3 is 37.9 Å². The summed E-state index contributed by atoms with van der Waals surface area (Å²) >= 11 is 7.24. The second kappa shape index (κ2) is 18.8. The van der Waals surface area contributed by atoms with E-state index in [4.69, 9.17) is 37.9 Å². The Morgan fingerprint density at radius 2 is 0.708 bits per heavy atom. The van der Waals surface area contributed by atoms with Gasteiger partial charge in [-0.3, -0.25) is 0 Å². The van der Waals surface area contributed by atoms with Gasteiger partial charge in [0, 0.05) is 67.1 Å². The Morgan fingerprint density at radius 3 is 1.10 bits per heavy atom. The SMILES string of the molecule is COCCOCCOCCOCc1ccsc1C1=C2C(=C(c3sccc3COCCOCCOCCOC)c3sccc32)c2ccsc21. The Bertz CT molecular complexity index is 1520. The van der Waals surface area contributed by atoms with Gasteiger partial charge in [0.25, 0.3) is 0 Å². The summed E-state index contributed by atoms with van der Waals surface area (Å²) in [5, 5.41) is 8.81. The monoisotopic (exact) mass is 730 g/mol. The standard InChI is InChI=1S/C36H42O8S4/c1-37-7-9-39-11-13-41-15-17-43-23-25-3-19-45-33(25)31-29-27-5-22-48-36(27)32(30(29)28-6-21-47-35(28)31)34-26(4-20-46-34)24-44-18-16-42-14-12-40-10-8-38-2/h3-6,19-22H,7-18,23-24H2,1-2H3. The first-order valence-corrected chi connectivity index (χ1v) is 19.6. The van der Waals surface area contributed by atoms with E-state index in [9.17, 15) is 0 Å². The van der Waals surface area contributed by atoms with E-state index >= 15 is 0 Å². The Morgan fingerprint density at radius 1 is 0.375 bits per heavy atom. The highest BCUT2D eigenvalue weighted by Gasteiger charge is 2.40. The van der Waals surface area contributed by atoms with Crippen LogP contribution in [0.1, 0.15) is 41.8 Å². The van der Waals surface area contributed by atoms with E-state index in [2.05, 4.69) is 45.8 Å². The highest BCUT2D eigenvalue weighted by atomic mass is 32.1. The number of ether oxygens (including phenoxy) is 8. The fraction of sp³-hybridized carbons (Fsp3) is 0.444. The predicted octanol–water partition coefficient (Wildman–Crippen LogP) is 7.57. The third-order valence-corrected chi connectivity index (χ3v) is 11.7. The molecule has 0 unspecified atom stereocenters. The molecular formula is C36H42O8S4. The van der Waals surface area contributed by atoms with Crippen molar-refractivity contribution in [2.75, 3.05) is 93.5 Å². The van der Waals surface area contributed by atoms with E-state index in [1.54, 1.807) is 36.9 Å². The fourth-order valence-corrected chi connectivity index (χ4v) is 9.70. The van der Waals surface area contributed by atoms with Crippen molar-refractivity contribution in [2.45, 2.75) is 13.2 Å². The molecule has 0 aliphatic heterocycles. The molecule has 6 rings (SSSR count). The van der Waals surface area contributed by atoms with E-state index in [1.165, 1.54) is 64.1 Å². The first-order valence-electron chi connectivity index (χ1n) is 16.1. The summed E-state index contributed by atoms with van der Waals surface area (Å²) in [6, 6.07) is 8.98. The summed E-state index contributed by atoms with van der Waals surface area (Å²) in [6.45, 7) is 7.80. The van der Waals surface area contributed by atoms with Gasteiger partial charge in [0.05, 0.1) is 92.5 Å². The molecule has 0 atom stereocenters. The zero-order valence-corrected chi connectivity index (χ0v) is 30.7. The highest BCUT2D eigenvalue weighted by Crippen LogP contribution is 2.62. The maximum atomic E-state index is 6.10. The highest BCUT2D eigenvalue weighted by molar-refractivity contribution is 7.16. The number of thiophene rings is 4. The predicted molar refractivity (Wildman–Crippen MR) is 195 cm³/mol. The second-order valence-electron chi connectivity index (χ2n) is 10.9. The quantitative estimate of drug-likeness (QED) is 0.0685. The van der Waals surface area contributed by atoms with Crippen LogP contribution in [0, 0.1) is 0 Å². The summed E-state index contributed by atoms with van der Waals surface area (Å²) in [5.74, 6) is 0. The van der Waals surface area contributed by atoms with Gasteiger partial charge in [0.1, 0.15) is 0 Å². The first kappa shape index (κ1) is 35.8. The average molecular weight is 731 g/mol. The molecule has 4 aromatic heterocycles. The minimum Gasteiger partial charge on any atom is -0.382 e. The van der Waals surface area contributed by atoms with Crippen LogP contribution in [0.15, 0.2) is 45.8 Å². The largest absolute Gasteiger partial charge is 0.382 e. The first-order chi connectivity index (χ1) is 23.8. The van der Waals surface area contributed by atoms with Crippen molar-refractivity contribution < 1.29 is 37.9 Å². The minimum absolute atomic E-state index is 0.534. The molecule has 0 amide bonds. The van der Waals surface area contributed by atoms with Gasteiger partial charge in [-0.1, -0.05) is 0 Å². The number of allylic oxidation sites excluding steroid dienone is 2. The third-order valence-electron chi connectivity index (χ3n) is 7.89. The molecule has 48 heavy (non-hydrogen) atoms. The van der Waals surface area contributed by atoms with Crippen molar-refractivity contribution in [3.8, 4) is 0 Å². The molecule has 8 nitrogen and oxygen atoms in total. The van der Waals surface area contributed by atoms with Crippen LogP contribution >= 0.6 is 45.3 Å². The molecule has 4 heterocycles. The molecule has 0 radical (unpaired) electrons. The number of hydrogen-bond acceptors (Lipinski definition) is 12. The van der Waals surface area contributed by atoms with E-state index in [0.717, 1.165) is 0 Å². The van der Waals surface area contributed by atoms with E-state index in [1.807, 2.05) is 22.7 Å². The fourth-order valence-electron chi connectivity index (χ4n) is 5.71. The van der Waals surface area contributed by atoms with Gasteiger partial charge >= 0.3 is 0 Å². The van der Waals surface area contributed by atoms with Crippen molar-refractivity contribution in [1.29, 1.82) is 0 Å². The molecule has 258 valence electrons. The second-order valence-corrected chi connectivity index (χ2v) is 14.6. The summed E-state index contributed by atoms with van der Waals surface area (Å²) in [6.07, 6.45) is 0. The number of fused-ring (bicyclic) bond motifs is 5. The molecule has 0 spiro atoms. The van der Waals surface area contributed by atoms with Crippen LogP contribution in [0.4, 0.5) is 0 Å². The van der Waals surface area contributed by atoms with Gasteiger partial charge in [0.15, 0.2) is 0 Å². The molecule has 0 saturated heterocycles. The van der Waals surface area contributed by atoms with Crippen LogP contribution in [-0.4, -0.2) is 93.5 Å². The van der Waals surface area contributed by atoms with E-state index in [-0.39, 0.29) is 0 Å². The lowest BCUT2D eigenvalue weighted by molar-refractivity contribution is 0.000888. The molecule has 0 fully saturated rings. The Balaban J connectivity index is 1.13. The van der Waals surface area contributed by atoms with Crippen LogP contribution in [0.25, 0.3) is 22.3 Å². The van der Waals surface area contributed by atoms with Crippen molar-refractivity contribution in [3.05, 3.63) is 87.5 Å². The maximum Gasteiger partial charge on any atom is 0.0732 e. The van der Waals surface area contributed by atoms with Crippen molar-refractivity contribution >= 4 is 67.6 Å². The summed E-state index contributed by atoms with van der Waals surface area (Å²) in [5.41, 5.74) is 10.4. The zero-order valence-electron chi connectivity index (χ0n) is 27.4. The third kappa shape index (κ3) is 8.45. The summed E-state index contributed by atoms with van der Waals surface area (Å²) < 4.78 is 44.5. The molecule has 0 saturated carbocycles. The Hall–Kier alpha value is -2.04. The maximum absolute atomic E-state index is 6.10. The zero-order chi connectivity index (χ0) is 33.0. The molecule has 12 heteroatoms. The molecule has 2 aliphatic carbocycles. The van der Waals surface area contributed by atoms with Gasteiger partial charge in [-0.05, 0) is 56.9 Å². The number of hydrogen-bond donors (Lipinski definition) is 0. The van der Waals surface area contributed by atoms with Crippen molar-refractivity contribution in [1.82, 2.24) is 0 Å². The van der Waals surface area contributed by atoms with Crippen LogP contribution in [0.3, 0.4) is 0 Å². The Labute approximate surface area is 298 Å². The molecular weight excluding hydrogens is 689 g/mol. The summed E-state index contributed by atoms with van der Waals surface area (Å²) in [7, 11) is 3.34. The van der Waals surface area contributed by atoms with E-state index in [0.29, 0.717) is 92.5 Å². The van der Waals surface area contributed by atoms with Gasteiger partial charge in [-0.15, -0.1) is 45.3 Å². The summed E-state index contributed by atoms with van der Waals surface area (Å²) in [4.78, 5) is 5.25. The average Bonchev–Trinajstić information content (AvgIpc) is 3.94. The van der Waals surface area contributed by atoms with Crippen molar-refractivity contribution in [3.63, 3.8) is 0 Å². The normalized spacial score (nSPS) is 13.6. The lowest BCUT2D eigenvalue weighted by Gasteiger charge is -2.10. The van der Waals surface area contributed by atoms with Crippen LogP contribution in [0.5, 0.6) is 0 Å². The lowest BCUT2D eigenvalue weighted by Crippen LogP contribution is -2.11. The van der Waals surface area contributed by atoms with Crippen LogP contribution in [-0.2, 0) is 51.1 Å². The van der Waals surface area contributed by atoms with Gasteiger partial charge in [-0.25, -0.2) is 0 Å². The van der Waals surface area contributed by atoms with Crippen molar-refractivity contribution in [2.24, 2.45) is 0 Å². The molecule has 0 aromatic carbocycles. The molecule has 0 bridgehead atoms. The minimum atomic E-state index is 0.534. The molecule has 4 aromatic rings. The topological polar surface area (TPSA) is 73.8 Å². The van der Waals surface area contributed by atoms with Crippen LogP contribution in [0.2, 0.25) is 0 Å². The Kier molecular flexibility index (Phi) is 14.0. The number of rotatable bonds is 24.